The van der Waals surface area contributed by atoms with E-state index in [4.69, 9.17) is 16.3 Å². The Hall–Kier alpha value is -2.08. The van der Waals surface area contributed by atoms with Gasteiger partial charge in [-0.2, -0.15) is 0 Å². The Balaban J connectivity index is 2.33. The van der Waals surface area contributed by atoms with Gasteiger partial charge in [-0.3, -0.25) is 14.8 Å². The number of aromatic nitrogens is 2. The summed E-state index contributed by atoms with van der Waals surface area (Å²) in [6.45, 7) is 1.82. The van der Waals surface area contributed by atoms with Gasteiger partial charge in [0.2, 0.25) is 0 Å². The summed E-state index contributed by atoms with van der Waals surface area (Å²) < 4.78 is 6.72. The Kier molecular flexibility index (Phi) is 3.20. The molecule has 0 amide bonds. The molecule has 1 heterocycles. The minimum Gasteiger partial charge on any atom is -0.433 e. The van der Waals surface area contributed by atoms with Crippen LogP contribution in [0.2, 0.25) is 5.02 Å². The van der Waals surface area contributed by atoms with Gasteiger partial charge in [0, 0.05) is 12.1 Å². The second kappa shape index (κ2) is 4.66. The van der Waals surface area contributed by atoms with Crippen molar-refractivity contribution >= 4 is 17.3 Å². The molecule has 0 atom stereocenters. The van der Waals surface area contributed by atoms with Crippen molar-refractivity contribution in [1.29, 1.82) is 0 Å². The topological polar surface area (TPSA) is 70.2 Å². The molecule has 0 saturated heterocycles. The lowest BCUT2D eigenvalue weighted by atomic mass is 10.2. The lowest BCUT2D eigenvalue weighted by molar-refractivity contribution is -0.385. The van der Waals surface area contributed by atoms with E-state index in [1.54, 1.807) is 25.2 Å². The highest BCUT2D eigenvalue weighted by atomic mass is 35.5. The average molecular weight is 268 g/mol. The Bertz CT molecular complexity index is 610. The monoisotopic (exact) mass is 267 g/mol. The molecule has 7 heteroatoms. The number of ether oxygens (including phenoxy) is 1. The SMILES string of the molecule is Cc1cc(Oc2nn(C)cc2[N+](=O)[O-])ccc1Cl. The zero-order chi connectivity index (χ0) is 13.3. The molecule has 0 aliphatic rings. The summed E-state index contributed by atoms with van der Waals surface area (Å²) in [4.78, 5) is 10.3. The van der Waals surface area contributed by atoms with Crippen LogP contribution in [0.25, 0.3) is 0 Å². The lowest BCUT2D eigenvalue weighted by Crippen LogP contribution is -1.92. The van der Waals surface area contributed by atoms with Crippen LogP contribution in [0.4, 0.5) is 5.69 Å². The van der Waals surface area contributed by atoms with E-state index in [0.29, 0.717) is 10.8 Å². The standard InChI is InChI=1S/C11H10ClN3O3/c1-7-5-8(3-4-9(7)12)18-11-10(15(16)17)6-14(2)13-11/h3-6H,1-2H3. The van der Waals surface area contributed by atoms with E-state index in [0.717, 1.165) is 5.56 Å². The number of rotatable bonds is 3. The highest BCUT2D eigenvalue weighted by molar-refractivity contribution is 6.31. The second-order valence-corrected chi connectivity index (χ2v) is 4.17. The van der Waals surface area contributed by atoms with Crippen LogP contribution in [-0.4, -0.2) is 14.7 Å². The van der Waals surface area contributed by atoms with Gasteiger partial charge in [-0.15, -0.1) is 5.10 Å². The Morgan fingerprint density at radius 2 is 2.22 bits per heavy atom. The van der Waals surface area contributed by atoms with E-state index >= 15 is 0 Å². The minimum absolute atomic E-state index is 0.0378. The van der Waals surface area contributed by atoms with Crippen molar-refractivity contribution in [2.24, 2.45) is 7.05 Å². The van der Waals surface area contributed by atoms with Crippen molar-refractivity contribution in [3.63, 3.8) is 0 Å². The molecule has 0 saturated carbocycles. The number of hydrogen-bond donors (Lipinski definition) is 0. The fourth-order valence-electron chi connectivity index (χ4n) is 1.45. The van der Waals surface area contributed by atoms with Gasteiger partial charge in [0.1, 0.15) is 11.9 Å². The smallest absolute Gasteiger partial charge is 0.350 e. The van der Waals surface area contributed by atoms with Crippen LogP contribution in [0.3, 0.4) is 0 Å². The van der Waals surface area contributed by atoms with Gasteiger partial charge in [-0.1, -0.05) is 11.6 Å². The van der Waals surface area contributed by atoms with Gasteiger partial charge in [0.25, 0.3) is 0 Å². The third-order valence-corrected chi connectivity index (χ3v) is 2.74. The Morgan fingerprint density at radius 3 is 2.83 bits per heavy atom. The van der Waals surface area contributed by atoms with Crippen LogP contribution < -0.4 is 4.74 Å². The molecular weight excluding hydrogens is 258 g/mol. The highest BCUT2D eigenvalue weighted by Crippen LogP contribution is 2.30. The van der Waals surface area contributed by atoms with Crippen LogP contribution in [0.5, 0.6) is 11.6 Å². The second-order valence-electron chi connectivity index (χ2n) is 3.76. The summed E-state index contributed by atoms with van der Waals surface area (Å²) in [5, 5.41) is 15.3. The summed E-state index contributed by atoms with van der Waals surface area (Å²) in [5.41, 5.74) is 0.651. The quantitative estimate of drug-likeness (QED) is 0.633. The molecule has 1 aromatic heterocycles. The maximum absolute atomic E-state index is 10.8. The minimum atomic E-state index is -0.537. The van der Waals surface area contributed by atoms with Crippen LogP contribution >= 0.6 is 11.6 Å². The predicted octanol–water partition coefficient (Wildman–Crippen LogP) is 3.08. The molecule has 0 bridgehead atoms. The van der Waals surface area contributed by atoms with Crippen molar-refractivity contribution < 1.29 is 9.66 Å². The molecule has 0 aliphatic heterocycles. The van der Waals surface area contributed by atoms with E-state index in [9.17, 15) is 10.1 Å². The molecule has 94 valence electrons. The molecule has 0 N–H and O–H groups in total. The fourth-order valence-corrected chi connectivity index (χ4v) is 1.56. The maximum atomic E-state index is 10.8. The number of nitro groups is 1. The van der Waals surface area contributed by atoms with Gasteiger partial charge in [0.15, 0.2) is 0 Å². The van der Waals surface area contributed by atoms with Gasteiger partial charge < -0.3 is 4.74 Å². The molecule has 0 unspecified atom stereocenters. The summed E-state index contributed by atoms with van der Waals surface area (Å²) in [6, 6.07) is 5.00. The normalized spacial score (nSPS) is 10.4. The van der Waals surface area contributed by atoms with Crippen LogP contribution in [0, 0.1) is 17.0 Å². The lowest BCUT2D eigenvalue weighted by Gasteiger charge is -2.04. The van der Waals surface area contributed by atoms with Crippen molar-refractivity contribution in [1.82, 2.24) is 9.78 Å². The van der Waals surface area contributed by atoms with Gasteiger partial charge in [-0.05, 0) is 30.7 Å². The summed E-state index contributed by atoms with van der Waals surface area (Å²) in [5.74, 6) is 0.419. The molecule has 0 spiro atoms. The molecule has 18 heavy (non-hydrogen) atoms. The molecule has 0 radical (unpaired) electrons. The number of benzene rings is 1. The molecule has 2 aromatic rings. The Morgan fingerprint density at radius 1 is 1.50 bits per heavy atom. The van der Waals surface area contributed by atoms with Crippen molar-refractivity contribution in [3.05, 3.63) is 45.1 Å². The van der Waals surface area contributed by atoms with Gasteiger partial charge in [-0.25, -0.2) is 0 Å². The van der Waals surface area contributed by atoms with E-state index in [-0.39, 0.29) is 11.6 Å². The first-order chi connectivity index (χ1) is 8.47. The number of aryl methyl sites for hydroxylation is 2. The van der Waals surface area contributed by atoms with E-state index in [1.807, 2.05) is 6.92 Å². The largest absolute Gasteiger partial charge is 0.433 e. The van der Waals surface area contributed by atoms with Crippen LogP contribution in [0.1, 0.15) is 5.56 Å². The summed E-state index contributed by atoms with van der Waals surface area (Å²) >= 11 is 5.89. The van der Waals surface area contributed by atoms with E-state index < -0.39 is 4.92 Å². The molecule has 1 aromatic carbocycles. The average Bonchev–Trinajstić information content (AvgIpc) is 2.65. The number of nitrogens with zero attached hydrogens (tertiary/aromatic N) is 3. The van der Waals surface area contributed by atoms with Crippen LogP contribution in [0.15, 0.2) is 24.4 Å². The zero-order valence-corrected chi connectivity index (χ0v) is 10.5. The highest BCUT2D eigenvalue weighted by Gasteiger charge is 2.20. The molecular formula is C11H10ClN3O3. The van der Waals surface area contributed by atoms with Gasteiger partial charge in [0.05, 0.1) is 4.92 Å². The molecule has 0 aliphatic carbocycles. The first-order valence-corrected chi connectivity index (χ1v) is 5.47. The molecule has 6 nitrogen and oxygen atoms in total. The Labute approximate surface area is 108 Å². The first kappa shape index (κ1) is 12.4. The summed E-state index contributed by atoms with van der Waals surface area (Å²) in [7, 11) is 1.59. The van der Waals surface area contributed by atoms with Gasteiger partial charge >= 0.3 is 11.6 Å². The third-order valence-electron chi connectivity index (χ3n) is 2.32. The molecule has 0 fully saturated rings. The molecule has 2 rings (SSSR count). The van der Waals surface area contributed by atoms with Crippen molar-refractivity contribution in [2.45, 2.75) is 6.92 Å². The maximum Gasteiger partial charge on any atom is 0.350 e. The zero-order valence-electron chi connectivity index (χ0n) is 9.75. The van der Waals surface area contributed by atoms with Crippen molar-refractivity contribution in [2.75, 3.05) is 0 Å². The van der Waals surface area contributed by atoms with E-state index in [1.165, 1.54) is 10.9 Å². The fraction of sp³-hybridized carbons (Fsp3) is 0.182. The van der Waals surface area contributed by atoms with E-state index in [2.05, 4.69) is 5.10 Å². The number of hydrogen-bond acceptors (Lipinski definition) is 4. The summed E-state index contributed by atoms with van der Waals surface area (Å²) in [6.07, 6.45) is 1.29. The third kappa shape index (κ3) is 2.43. The number of halogens is 1. The first-order valence-electron chi connectivity index (χ1n) is 5.09. The predicted molar refractivity (Wildman–Crippen MR) is 66.1 cm³/mol. The van der Waals surface area contributed by atoms with Crippen LogP contribution in [-0.2, 0) is 7.05 Å². The van der Waals surface area contributed by atoms with Crippen molar-refractivity contribution in [3.8, 4) is 11.6 Å².